The minimum atomic E-state index is -3.21. The monoisotopic (exact) mass is 266 g/mol. The zero-order valence-corrected chi connectivity index (χ0v) is 12.0. The Kier molecular flexibility index (Phi) is 8.48. The van der Waals surface area contributed by atoms with E-state index in [-0.39, 0.29) is 12.4 Å². The van der Waals surface area contributed by atoms with Gasteiger partial charge in [-0.15, -0.1) is 0 Å². The molecule has 0 saturated carbocycles. The van der Waals surface area contributed by atoms with E-state index in [9.17, 15) is 9.36 Å². The lowest BCUT2D eigenvalue weighted by atomic mass is 10.2. The zero-order chi connectivity index (χ0) is 13.3. The molecule has 0 N–H and O–H groups in total. The van der Waals surface area contributed by atoms with Crippen molar-refractivity contribution in [1.29, 1.82) is 0 Å². The van der Waals surface area contributed by atoms with Crippen LogP contribution in [0.1, 0.15) is 40.0 Å². The first-order chi connectivity index (χ1) is 8.03. The highest BCUT2D eigenvalue weighted by molar-refractivity contribution is 7.54. The van der Waals surface area contributed by atoms with Crippen LogP contribution in [0.3, 0.4) is 0 Å². The topological polar surface area (TPSA) is 61.8 Å². The zero-order valence-electron chi connectivity index (χ0n) is 11.1. The molecule has 0 aliphatic rings. The SMILES string of the molecule is CCC[C@H](CC(=O)OC)P(=O)(OCC)OCC. The van der Waals surface area contributed by atoms with E-state index in [0.717, 1.165) is 6.42 Å². The number of hydrogen-bond acceptors (Lipinski definition) is 5. The molecular weight excluding hydrogens is 243 g/mol. The van der Waals surface area contributed by atoms with E-state index in [4.69, 9.17) is 9.05 Å². The minimum absolute atomic E-state index is 0.0710. The van der Waals surface area contributed by atoms with Crippen LogP contribution in [0.15, 0.2) is 0 Å². The van der Waals surface area contributed by atoms with E-state index in [1.165, 1.54) is 7.11 Å². The van der Waals surface area contributed by atoms with Crippen molar-refractivity contribution in [3.05, 3.63) is 0 Å². The maximum Gasteiger partial charge on any atom is 0.334 e. The average Bonchev–Trinajstić information content (AvgIpc) is 2.29. The van der Waals surface area contributed by atoms with Crippen molar-refractivity contribution in [3.8, 4) is 0 Å². The van der Waals surface area contributed by atoms with Crippen LogP contribution in [0, 0.1) is 0 Å². The van der Waals surface area contributed by atoms with E-state index in [2.05, 4.69) is 4.74 Å². The van der Waals surface area contributed by atoms with Crippen molar-refractivity contribution in [1.82, 2.24) is 0 Å². The van der Waals surface area contributed by atoms with Gasteiger partial charge in [0.15, 0.2) is 0 Å². The second-order valence-corrected chi connectivity index (χ2v) is 5.92. The van der Waals surface area contributed by atoms with E-state index in [1.807, 2.05) is 6.92 Å². The van der Waals surface area contributed by atoms with Crippen molar-refractivity contribution in [3.63, 3.8) is 0 Å². The molecule has 0 aromatic rings. The number of hydrogen-bond donors (Lipinski definition) is 0. The Labute approximate surface area is 103 Å². The van der Waals surface area contributed by atoms with E-state index < -0.39 is 13.3 Å². The summed E-state index contributed by atoms with van der Waals surface area (Å²) in [6.07, 6.45) is 1.50. The van der Waals surface area contributed by atoms with Crippen molar-refractivity contribution in [2.75, 3.05) is 20.3 Å². The summed E-state index contributed by atoms with van der Waals surface area (Å²) in [5, 5.41) is 0. The molecule has 0 aromatic heterocycles. The lowest BCUT2D eigenvalue weighted by Crippen LogP contribution is -2.18. The molecule has 102 valence electrons. The number of rotatable bonds is 9. The van der Waals surface area contributed by atoms with Gasteiger partial charge in [-0.1, -0.05) is 13.3 Å². The summed E-state index contributed by atoms with van der Waals surface area (Å²) in [7, 11) is -1.90. The van der Waals surface area contributed by atoms with Gasteiger partial charge in [0.25, 0.3) is 0 Å². The highest BCUT2D eigenvalue weighted by atomic mass is 31.2. The molecule has 0 amide bonds. The molecule has 6 heteroatoms. The molecule has 0 aliphatic carbocycles. The summed E-state index contributed by atoms with van der Waals surface area (Å²) in [5.74, 6) is -0.386. The molecule has 0 radical (unpaired) electrons. The fourth-order valence-electron chi connectivity index (χ4n) is 1.59. The van der Waals surface area contributed by atoms with E-state index in [1.54, 1.807) is 13.8 Å². The average molecular weight is 266 g/mol. The van der Waals surface area contributed by atoms with Gasteiger partial charge >= 0.3 is 13.6 Å². The Morgan fingerprint density at radius 1 is 1.18 bits per heavy atom. The maximum atomic E-state index is 12.5. The fourth-order valence-corrected chi connectivity index (χ4v) is 3.75. The van der Waals surface area contributed by atoms with E-state index >= 15 is 0 Å². The Hall–Kier alpha value is -0.380. The highest BCUT2D eigenvalue weighted by Gasteiger charge is 2.36. The molecule has 0 aliphatic heterocycles. The van der Waals surface area contributed by atoms with Crippen LogP contribution in [0.4, 0.5) is 0 Å². The molecule has 0 unspecified atom stereocenters. The van der Waals surface area contributed by atoms with Crippen molar-refractivity contribution < 1.29 is 23.1 Å². The Morgan fingerprint density at radius 2 is 1.71 bits per heavy atom. The molecular formula is C11H23O5P. The van der Waals surface area contributed by atoms with Gasteiger partial charge in [-0.3, -0.25) is 9.36 Å². The molecule has 0 fully saturated rings. The van der Waals surface area contributed by atoms with Gasteiger partial charge in [-0.25, -0.2) is 0 Å². The second-order valence-electron chi connectivity index (χ2n) is 3.60. The predicted octanol–water partition coefficient (Wildman–Crippen LogP) is 2.98. The first kappa shape index (κ1) is 16.6. The largest absolute Gasteiger partial charge is 0.469 e. The summed E-state index contributed by atoms with van der Waals surface area (Å²) in [6, 6.07) is 0. The van der Waals surface area contributed by atoms with Gasteiger partial charge in [0.2, 0.25) is 0 Å². The molecule has 0 heterocycles. The maximum absolute atomic E-state index is 12.5. The van der Waals surface area contributed by atoms with Gasteiger partial charge in [0.05, 0.1) is 32.4 Å². The standard InChI is InChI=1S/C11H23O5P/c1-5-8-10(9-11(12)14-4)17(13,15-6-2)16-7-3/h10H,5-9H2,1-4H3/t10-/m1/s1. The van der Waals surface area contributed by atoms with Crippen molar-refractivity contribution in [2.24, 2.45) is 0 Å². The normalized spacial score (nSPS) is 13.4. The van der Waals surface area contributed by atoms with Crippen LogP contribution in [-0.4, -0.2) is 32.0 Å². The lowest BCUT2D eigenvalue weighted by molar-refractivity contribution is -0.140. The number of esters is 1. The summed E-state index contributed by atoms with van der Waals surface area (Å²) < 4.78 is 27.6. The second kappa shape index (κ2) is 8.67. The van der Waals surface area contributed by atoms with E-state index in [0.29, 0.717) is 19.6 Å². The van der Waals surface area contributed by atoms with Gasteiger partial charge in [-0.2, -0.15) is 0 Å². The van der Waals surface area contributed by atoms with Gasteiger partial charge < -0.3 is 13.8 Å². The minimum Gasteiger partial charge on any atom is -0.469 e. The van der Waals surface area contributed by atoms with Gasteiger partial charge in [0, 0.05) is 0 Å². The Bertz CT molecular complexity index is 257. The summed E-state index contributed by atoms with van der Waals surface area (Å²) in [4.78, 5) is 11.3. The van der Waals surface area contributed by atoms with Gasteiger partial charge in [0.1, 0.15) is 0 Å². The summed E-state index contributed by atoms with van der Waals surface area (Å²) in [5.41, 5.74) is -0.417. The summed E-state index contributed by atoms with van der Waals surface area (Å²) >= 11 is 0. The van der Waals surface area contributed by atoms with Crippen LogP contribution in [-0.2, 0) is 23.1 Å². The highest BCUT2D eigenvalue weighted by Crippen LogP contribution is 2.55. The Morgan fingerprint density at radius 3 is 2.06 bits per heavy atom. The molecule has 17 heavy (non-hydrogen) atoms. The first-order valence-electron chi connectivity index (χ1n) is 5.99. The van der Waals surface area contributed by atoms with Crippen LogP contribution >= 0.6 is 7.60 Å². The van der Waals surface area contributed by atoms with Crippen molar-refractivity contribution >= 4 is 13.6 Å². The molecule has 0 bridgehead atoms. The molecule has 5 nitrogen and oxygen atoms in total. The molecule has 0 saturated heterocycles. The quantitative estimate of drug-likeness (QED) is 0.474. The van der Waals surface area contributed by atoms with Crippen LogP contribution in [0.5, 0.6) is 0 Å². The number of carbonyl (C=O) groups is 1. The molecule has 0 rings (SSSR count). The van der Waals surface area contributed by atoms with Crippen LogP contribution < -0.4 is 0 Å². The third-order valence-corrected chi connectivity index (χ3v) is 4.89. The van der Waals surface area contributed by atoms with Gasteiger partial charge in [-0.05, 0) is 20.3 Å². The molecule has 1 atom stereocenters. The molecule has 0 spiro atoms. The third-order valence-electron chi connectivity index (χ3n) is 2.32. The smallest absolute Gasteiger partial charge is 0.334 e. The number of methoxy groups -OCH3 is 1. The predicted molar refractivity (Wildman–Crippen MR) is 66.2 cm³/mol. The summed E-state index contributed by atoms with van der Waals surface area (Å²) in [6.45, 7) is 6.09. The fraction of sp³-hybridized carbons (Fsp3) is 0.909. The van der Waals surface area contributed by atoms with Crippen LogP contribution in [0.2, 0.25) is 0 Å². The number of ether oxygens (including phenoxy) is 1. The first-order valence-corrected chi connectivity index (χ1v) is 7.60. The van der Waals surface area contributed by atoms with Crippen LogP contribution in [0.25, 0.3) is 0 Å². The Balaban J connectivity index is 4.81. The molecule has 0 aromatic carbocycles. The lowest BCUT2D eigenvalue weighted by Gasteiger charge is -2.25. The van der Waals surface area contributed by atoms with Crippen molar-refractivity contribution in [2.45, 2.75) is 45.7 Å². The number of carbonyl (C=O) groups excluding carboxylic acids is 1. The third kappa shape index (κ3) is 5.66.